The number of aromatic hydroxyl groups is 1. The largest absolute Gasteiger partial charge is 0.508 e. The Morgan fingerprint density at radius 2 is 1.81 bits per heavy atom. The van der Waals surface area contributed by atoms with Gasteiger partial charge in [0.05, 0.1) is 0 Å². The van der Waals surface area contributed by atoms with Crippen LogP contribution in [0.25, 0.3) is 0 Å². The Kier molecular flexibility index (Phi) is 4.26. The number of hydrogen-bond donors (Lipinski definition) is 2. The van der Waals surface area contributed by atoms with E-state index in [1.807, 2.05) is 12.1 Å². The van der Waals surface area contributed by atoms with Crippen LogP contribution in [0, 0.1) is 5.92 Å². The number of benzene rings is 2. The summed E-state index contributed by atoms with van der Waals surface area (Å²) in [7, 11) is 2.06. The van der Waals surface area contributed by atoms with Crippen LogP contribution in [0.2, 0.25) is 0 Å². The average molecular weight is 281 g/mol. The lowest BCUT2D eigenvalue weighted by molar-refractivity contribution is 0.333. The zero-order valence-corrected chi connectivity index (χ0v) is 12.5. The van der Waals surface area contributed by atoms with Gasteiger partial charge in [-0.1, -0.05) is 36.4 Å². The van der Waals surface area contributed by atoms with Crippen molar-refractivity contribution >= 4 is 0 Å². The first kappa shape index (κ1) is 14.2. The van der Waals surface area contributed by atoms with Gasteiger partial charge < -0.3 is 10.4 Å². The minimum Gasteiger partial charge on any atom is -0.508 e. The minimum absolute atomic E-state index is 0.339. The summed E-state index contributed by atoms with van der Waals surface area (Å²) in [5.74, 6) is 1.02. The van der Waals surface area contributed by atoms with Crippen molar-refractivity contribution in [2.75, 3.05) is 7.05 Å². The Morgan fingerprint density at radius 1 is 1.10 bits per heavy atom. The molecule has 2 aromatic carbocycles. The van der Waals surface area contributed by atoms with Gasteiger partial charge in [-0.2, -0.15) is 0 Å². The molecule has 110 valence electrons. The quantitative estimate of drug-likeness (QED) is 0.901. The van der Waals surface area contributed by atoms with Crippen LogP contribution >= 0.6 is 0 Å². The lowest BCUT2D eigenvalue weighted by Crippen LogP contribution is -2.38. The van der Waals surface area contributed by atoms with E-state index in [4.69, 9.17) is 0 Å². The molecule has 0 bridgehead atoms. The molecule has 2 unspecified atom stereocenters. The molecule has 2 atom stereocenters. The van der Waals surface area contributed by atoms with E-state index in [1.54, 1.807) is 12.1 Å². The highest BCUT2D eigenvalue weighted by molar-refractivity contribution is 5.31. The van der Waals surface area contributed by atoms with Crippen molar-refractivity contribution in [1.29, 1.82) is 0 Å². The van der Waals surface area contributed by atoms with Crippen molar-refractivity contribution in [1.82, 2.24) is 5.32 Å². The summed E-state index contributed by atoms with van der Waals surface area (Å²) in [6, 6.07) is 16.9. The summed E-state index contributed by atoms with van der Waals surface area (Å²) in [6.45, 7) is 0. The summed E-state index contributed by atoms with van der Waals surface area (Å²) in [4.78, 5) is 0. The third kappa shape index (κ3) is 3.27. The maximum absolute atomic E-state index is 9.39. The lowest BCUT2D eigenvalue weighted by Gasteiger charge is -2.31. The first-order valence-electron chi connectivity index (χ1n) is 7.78. The van der Waals surface area contributed by atoms with Crippen LogP contribution in [0.3, 0.4) is 0 Å². The van der Waals surface area contributed by atoms with E-state index < -0.39 is 0 Å². The molecule has 2 N–H and O–H groups in total. The molecule has 0 fully saturated rings. The number of phenolic OH excluding ortho intramolecular Hbond substituents is 1. The molecule has 0 saturated carbocycles. The average Bonchev–Trinajstić information content (AvgIpc) is 2.54. The fourth-order valence-electron chi connectivity index (χ4n) is 3.46. The van der Waals surface area contributed by atoms with E-state index in [1.165, 1.54) is 36.0 Å². The topological polar surface area (TPSA) is 32.3 Å². The van der Waals surface area contributed by atoms with Crippen LogP contribution in [0.15, 0.2) is 48.5 Å². The molecule has 0 aromatic heterocycles. The van der Waals surface area contributed by atoms with E-state index in [0.29, 0.717) is 17.7 Å². The third-order valence-electron chi connectivity index (χ3n) is 4.72. The van der Waals surface area contributed by atoms with E-state index in [9.17, 15) is 5.11 Å². The molecule has 0 amide bonds. The van der Waals surface area contributed by atoms with Gasteiger partial charge in [-0.05, 0) is 67.5 Å². The molecule has 0 spiro atoms. The van der Waals surface area contributed by atoms with E-state index >= 15 is 0 Å². The molecule has 2 heteroatoms. The molecule has 0 radical (unpaired) electrons. The zero-order valence-electron chi connectivity index (χ0n) is 12.5. The van der Waals surface area contributed by atoms with Gasteiger partial charge in [-0.25, -0.2) is 0 Å². The normalized spacial score (nSPS) is 19.0. The second-order valence-corrected chi connectivity index (χ2v) is 6.04. The SMILES string of the molecule is CNC(Cc1ccc(O)cc1)C1CCc2ccccc2C1. The van der Waals surface area contributed by atoms with Crippen molar-refractivity contribution in [3.8, 4) is 5.75 Å². The molecular weight excluding hydrogens is 258 g/mol. The molecular formula is C19H23NO. The number of hydrogen-bond acceptors (Lipinski definition) is 2. The molecule has 1 aliphatic carbocycles. The van der Waals surface area contributed by atoms with Crippen LogP contribution in [0.5, 0.6) is 5.75 Å². The number of likely N-dealkylation sites (N-methyl/N-ethyl adjacent to an activating group) is 1. The van der Waals surface area contributed by atoms with Crippen LogP contribution < -0.4 is 5.32 Å². The fraction of sp³-hybridized carbons (Fsp3) is 0.368. The van der Waals surface area contributed by atoms with Gasteiger partial charge in [0, 0.05) is 6.04 Å². The smallest absolute Gasteiger partial charge is 0.115 e. The Hall–Kier alpha value is -1.80. The molecule has 2 nitrogen and oxygen atoms in total. The molecule has 3 rings (SSSR count). The Bertz CT molecular complexity index is 591. The van der Waals surface area contributed by atoms with Crippen molar-refractivity contribution in [2.45, 2.75) is 31.7 Å². The summed E-state index contributed by atoms with van der Waals surface area (Å²) >= 11 is 0. The molecule has 0 heterocycles. The Balaban J connectivity index is 1.71. The summed E-state index contributed by atoms with van der Waals surface area (Å²) in [6.07, 6.45) is 4.62. The number of aryl methyl sites for hydroxylation is 1. The predicted octanol–water partition coefficient (Wildman–Crippen LogP) is 3.33. The van der Waals surface area contributed by atoms with Gasteiger partial charge in [0.1, 0.15) is 5.75 Å². The van der Waals surface area contributed by atoms with Crippen LogP contribution in [0.4, 0.5) is 0 Å². The van der Waals surface area contributed by atoms with Gasteiger partial charge in [0.2, 0.25) is 0 Å². The third-order valence-corrected chi connectivity index (χ3v) is 4.72. The first-order chi connectivity index (χ1) is 10.3. The van der Waals surface area contributed by atoms with Gasteiger partial charge in [-0.3, -0.25) is 0 Å². The standard InChI is InChI=1S/C19H23NO/c1-20-19(12-14-6-10-18(21)11-7-14)17-9-8-15-4-2-3-5-16(15)13-17/h2-7,10-11,17,19-21H,8-9,12-13H2,1H3. The molecule has 2 aromatic rings. The Labute approximate surface area is 126 Å². The van der Waals surface area contributed by atoms with E-state index in [2.05, 4.69) is 36.6 Å². The van der Waals surface area contributed by atoms with Crippen LogP contribution in [0.1, 0.15) is 23.1 Å². The highest BCUT2D eigenvalue weighted by Gasteiger charge is 2.25. The molecule has 1 aliphatic rings. The van der Waals surface area contributed by atoms with Crippen molar-refractivity contribution in [3.63, 3.8) is 0 Å². The second kappa shape index (κ2) is 6.31. The van der Waals surface area contributed by atoms with Gasteiger partial charge in [0.15, 0.2) is 0 Å². The minimum atomic E-state index is 0.339. The maximum Gasteiger partial charge on any atom is 0.115 e. The first-order valence-corrected chi connectivity index (χ1v) is 7.78. The van der Waals surface area contributed by atoms with Crippen molar-refractivity contribution in [3.05, 3.63) is 65.2 Å². The molecule has 0 saturated heterocycles. The number of nitrogens with one attached hydrogen (secondary N) is 1. The van der Waals surface area contributed by atoms with Crippen LogP contribution in [-0.4, -0.2) is 18.2 Å². The van der Waals surface area contributed by atoms with Gasteiger partial charge in [-0.15, -0.1) is 0 Å². The number of phenols is 1. The second-order valence-electron chi connectivity index (χ2n) is 6.04. The molecule has 0 aliphatic heterocycles. The molecule has 21 heavy (non-hydrogen) atoms. The summed E-state index contributed by atoms with van der Waals surface area (Å²) < 4.78 is 0. The Morgan fingerprint density at radius 3 is 2.52 bits per heavy atom. The highest BCUT2D eigenvalue weighted by atomic mass is 16.3. The van der Waals surface area contributed by atoms with Crippen molar-refractivity contribution in [2.24, 2.45) is 5.92 Å². The lowest BCUT2D eigenvalue weighted by atomic mass is 9.78. The highest BCUT2D eigenvalue weighted by Crippen LogP contribution is 2.28. The van der Waals surface area contributed by atoms with Crippen LogP contribution in [-0.2, 0) is 19.3 Å². The van der Waals surface area contributed by atoms with Gasteiger partial charge in [0.25, 0.3) is 0 Å². The van der Waals surface area contributed by atoms with E-state index in [0.717, 1.165) is 6.42 Å². The number of rotatable bonds is 4. The monoisotopic (exact) mass is 281 g/mol. The van der Waals surface area contributed by atoms with Crippen molar-refractivity contribution < 1.29 is 5.11 Å². The zero-order chi connectivity index (χ0) is 14.7. The van der Waals surface area contributed by atoms with Gasteiger partial charge >= 0.3 is 0 Å². The number of fused-ring (bicyclic) bond motifs is 1. The summed E-state index contributed by atoms with van der Waals surface area (Å²) in [5.41, 5.74) is 4.32. The fourth-order valence-corrected chi connectivity index (χ4v) is 3.46. The summed E-state index contributed by atoms with van der Waals surface area (Å²) in [5, 5.41) is 12.9. The van der Waals surface area contributed by atoms with E-state index in [-0.39, 0.29) is 0 Å². The maximum atomic E-state index is 9.39. The predicted molar refractivity (Wildman–Crippen MR) is 86.6 cm³/mol.